The summed E-state index contributed by atoms with van der Waals surface area (Å²) < 4.78 is 0. The minimum Gasteiger partial charge on any atom is -0.481 e. The van der Waals surface area contributed by atoms with Gasteiger partial charge >= 0.3 is 5.97 Å². The van der Waals surface area contributed by atoms with Crippen molar-refractivity contribution in [1.29, 1.82) is 0 Å². The van der Waals surface area contributed by atoms with Gasteiger partial charge in [0.15, 0.2) is 0 Å². The van der Waals surface area contributed by atoms with Gasteiger partial charge in [-0.3, -0.25) is 4.79 Å². The lowest BCUT2D eigenvalue weighted by Gasteiger charge is -2.00. The molecule has 0 aliphatic carbocycles. The van der Waals surface area contributed by atoms with Crippen LogP contribution in [0.4, 0.5) is 0 Å². The smallest absolute Gasteiger partial charge is 0.307 e. The summed E-state index contributed by atoms with van der Waals surface area (Å²) in [6.45, 7) is 0. The van der Waals surface area contributed by atoms with Gasteiger partial charge in [-0.1, -0.05) is 66.7 Å². The predicted molar refractivity (Wildman–Crippen MR) is 77.0 cm³/mol. The molecule has 0 aromatic heterocycles. The average molecular weight is 252 g/mol. The van der Waals surface area contributed by atoms with Gasteiger partial charge in [-0.2, -0.15) is 0 Å². The van der Waals surface area contributed by atoms with Crippen molar-refractivity contribution in [2.75, 3.05) is 0 Å². The highest BCUT2D eigenvalue weighted by atomic mass is 16.4. The molecule has 0 saturated carbocycles. The molecule has 0 atom stereocenters. The van der Waals surface area contributed by atoms with Crippen molar-refractivity contribution < 1.29 is 9.90 Å². The van der Waals surface area contributed by atoms with Gasteiger partial charge in [0.05, 0.1) is 6.42 Å². The molecule has 0 spiro atoms. The fraction of sp³-hybridized carbons (Fsp3) is 0.118. The zero-order valence-electron chi connectivity index (χ0n) is 10.6. The number of aliphatic carboxylic acids is 1. The molecule has 96 valence electrons. The van der Waals surface area contributed by atoms with E-state index in [1.807, 2.05) is 42.5 Å². The quantitative estimate of drug-likeness (QED) is 0.883. The van der Waals surface area contributed by atoms with Gasteiger partial charge < -0.3 is 5.11 Å². The molecular formula is C17H16O2. The molecule has 0 heterocycles. The Hall–Kier alpha value is -2.35. The molecule has 0 aliphatic heterocycles. The van der Waals surface area contributed by atoms with Crippen LogP contribution in [0.5, 0.6) is 0 Å². The second kappa shape index (κ2) is 6.55. The van der Waals surface area contributed by atoms with Gasteiger partial charge in [0, 0.05) is 0 Å². The van der Waals surface area contributed by atoms with Crippen molar-refractivity contribution in [1.82, 2.24) is 0 Å². The summed E-state index contributed by atoms with van der Waals surface area (Å²) in [7, 11) is 0. The maximum Gasteiger partial charge on any atom is 0.307 e. The Labute approximate surface area is 113 Å². The van der Waals surface area contributed by atoms with Crippen molar-refractivity contribution in [3.05, 3.63) is 77.4 Å². The number of rotatable bonds is 5. The zero-order valence-corrected chi connectivity index (χ0v) is 10.6. The maximum atomic E-state index is 10.6. The Bertz CT molecular complexity index is 554. The maximum absolute atomic E-state index is 10.6. The van der Waals surface area contributed by atoms with E-state index in [1.54, 1.807) is 0 Å². The minimum atomic E-state index is -0.795. The van der Waals surface area contributed by atoms with Crippen molar-refractivity contribution in [2.24, 2.45) is 0 Å². The van der Waals surface area contributed by atoms with E-state index in [1.165, 1.54) is 11.1 Å². The van der Waals surface area contributed by atoms with Gasteiger partial charge in [0.25, 0.3) is 0 Å². The lowest BCUT2D eigenvalue weighted by atomic mass is 10.1. The molecule has 0 saturated heterocycles. The number of allylic oxidation sites excluding steroid dienone is 1. The van der Waals surface area contributed by atoms with Crippen LogP contribution in [-0.2, 0) is 17.6 Å². The normalized spacial score (nSPS) is 10.7. The third-order valence-electron chi connectivity index (χ3n) is 2.84. The van der Waals surface area contributed by atoms with E-state index in [-0.39, 0.29) is 6.42 Å². The minimum absolute atomic E-state index is 0.0835. The van der Waals surface area contributed by atoms with Gasteiger partial charge in [0.2, 0.25) is 0 Å². The SMILES string of the molecule is O=C(O)Cc1ccc(C/C=C/c2ccccc2)cc1. The first-order valence-corrected chi connectivity index (χ1v) is 6.25. The van der Waals surface area contributed by atoms with Crippen LogP contribution < -0.4 is 0 Å². The number of carboxylic acid groups (broad SMARTS) is 1. The molecule has 19 heavy (non-hydrogen) atoms. The van der Waals surface area contributed by atoms with Crippen LogP contribution in [0.15, 0.2) is 60.7 Å². The number of hydrogen-bond donors (Lipinski definition) is 1. The van der Waals surface area contributed by atoms with Gasteiger partial charge in [-0.15, -0.1) is 0 Å². The monoisotopic (exact) mass is 252 g/mol. The lowest BCUT2D eigenvalue weighted by Crippen LogP contribution is -1.99. The standard InChI is InChI=1S/C17H16O2/c18-17(19)13-16-11-9-15(10-12-16)8-4-7-14-5-2-1-3-6-14/h1-7,9-12H,8,13H2,(H,18,19)/b7-4+. The van der Waals surface area contributed by atoms with Crippen LogP contribution in [0, 0.1) is 0 Å². The first kappa shape index (κ1) is 13.1. The molecule has 0 unspecified atom stereocenters. The van der Waals surface area contributed by atoms with Crippen LogP contribution >= 0.6 is 0 Å². The summed E-state index contributed by atoms with van der Waals surface area (Å²) in [6.07, 6.45) is 5.13. The third kappa shape index (κ3) is 4.43. The molecule has 2 rings (SSSR count). The van der Waals surface area contributed by atoms with Crippen LogP contribution in [-0.4, -0.2) is 11.1 Å². The van der Waals surface area contributed by atoms with Gasteiger partial charge in [-0.05, 0) is 23.1 Å². The van der Waals surface area contributed by atoms with Crippen molar-refractivity contribution >= 4 is 12.0 Å². The second-order valence-electron chi connectivity index (χ2n) is 4.40. The highest BCUT2D eigenvalue weighted by Crippen LogP contribution is 2.08. The number of carbonyl (C=O) groups is 1. The van der Waals surface area contributed by atoms with E-state index < -0.39 is 5.97 Å². The van der Waals surface area contributed by atoms with Crippen molar-refractivity contribution in [2.45, 2.75) is 12.8 Å². The zero-order chi connectivity index (χ0) is 13.5. The molecule has 0 amide bonds. The molecule has 2 heteroatoms. The number of carboxylic acids is 1. The molecule has 2 aromatic carbocycles. The summed E-state index contributed by atoms with van der Waals surface area (Å²) in [4.78, 5) is 10.6. The second-order valence-corrected chi connectivity index (χ2v) is 4.40. The average Bonchev–Trinajstić information content (AvgIpc) is 2.41. The molecule has 2 aromatic rings. The van der Waals surface area contributed by atoms with E-state index in [4.69, 9.17) is 5.11 Å². The topological polar surface area (TPSA) is 37.3 Å². The van der Waals surface area contributed by atoms with Crippen molar-refractivity contribution in [3.63, 3.8) is 0 Å². The van der Waals surface area contributed by atoms with Crippen LogP contribution in [0.3, 0.4) is 0 Å². The summed E-state index contributed by atoms with van der Waals surface area (Å²) >= 11 is 0. The van der Waals surface area contributed by atoms with Gasteiger partial charge in [0.1, 0.15) is 0 Å². The van der Waals surface area contributed by atoms with Crippen LogP contribution in [0.2, 0.25) is 0 Å². The van der Waals surface area contributed by atoms with E-state index in [0.717, 1.165) is 12.0 Å². The summed E-state index contributed by atoms with van der Waals surface area (Å²) in [6, 6.07) is 17.9. The summed E-state index contributed by atoms with van der Waals surface area (Å²) in [5.74, 6) is -0.795. The molecule has 0 aliphatic rings. The fourth-order valence-corrected chi connectivity index (χ4v) is 1.86. The fourth-order valence-electron chi connectivity index (χ4n) is 1.86. The van der Waals surface area contributed by atoms with Crippen molar-refractivity contribution in [3.8, 4) is 0 Å². The predicted octanol–water partition coefficient (Wildman–Crippen LogP) is 3.57. The largest absolute Gasteiger partial charge is 0.481 e. The Morgan fingerprint density at radius 1 is 0.947 bits per heavy atom. The molecule has 1 N–H and O–H groups in total. The highest BCUT2D eigenvalue weighted by molar-refractivity contribution is 5.70. The van der Waals surface area contributed by atoms with Gasteiger partial charge in [-0.25, -0.2) is 0 Å². The van der Waals surface area contributed by atoms with E-state index in [9.17, 15) is 4.79 Å². The number of hydrogen-bond acceptors (Lipinski definition) is 1. The van der Waals surface area contributed by atoms with E-state index in [0.29, 0.717) is 0 Å². The molecule has 0 bridgehead atoms. The first-order chi connectivity index (χ1) is 9.24. The van der Waals surface area contributed by atoms with E-state index >= 15 is 0 Å². The summed E-state index contributed by atoms with van der Waals surface area (Å²) in [5.41, 5.74) is 3.20. The third-order valence-corrected chi connectivity index (χ3v) is 2.84. The Balaban J connectivity index is 1.93. The Morgan fingerprint density at radius 2 is 1.58 bits per heavy atom. The molecule has 2 nitrogen and oxygen atoms in total. The first-order valence-electron chi connectivity index (χ1n) is 6.25. The van der Waals surface area contributed by atoms with E-state index in [2.05, 4.69) is 24.3 Å². The highest BCUT2D eigenvalue weighted by Gasteiger charge is 1.99. The number of benzene rings is 2. The molecule has 0 fully saturated rings. The Morgan fingerprint density at radius 3 is 2.21 bits per heavy atom. The Kier molecular flexibility index (Phi) is 4.51. The molecule has 0 radical (unpaired) electrons. The molecular weight excluding hydrogens is 236 g/mol. The lowest BCUT2D eigenvalue weighted by molar-refractivity contribution is -0.136. The van der Waals surface area contributed by atoms with Crippen LogP contribution in [0.1, 0.15) is 16.7 Å². The van der Waals surface area contributed by atoms with Crippen LogP contribution in [0.25, 0.3) is 6.08 Å². The summed E-state index contributed by atoms with van der Waals surface area (Å²) in [5, 5.41) is 8.69.